The van der Waals surface area contributed by atoms with Crippen molar-refractivity contribution in [3.63, 3.8) is 0 Å². The average molecular weight is 573 g/mol. The lowest BCUT2D eigenvalue weighted by Crippen LogP contribution is -2.42. The lowest BCUT2D eigenvalue weighted by atomic mass is 10.0. The van der Waals surface area contributed by atoms with Crippen molar-refractivity contribution >= 4 is 35.1 Å². The van der Waals surface area contributed by atoms with Gasteiger partial charge in [0.1, 0.15) is 5.82 Å². The van der Waals surface area contributed by atoms with E-state index in [0.717, 1.165) is 25.1 Å². The highest BCUT2D eigenvalue weighted by molar-refractivity contribution is 6.34. The van der Waals surface area contributed by atoms with Crippen molar-refractivity contribution in [1.29, 1.82) is 0 Å². The molecule has 3 aromatic rings. The van der Waals surface area contributed by atoms with Gasteiger partial charge < -0.3 is 10.2 Å². The molecule has 9 nitrogen and oxygen atoms in total. The Bertz CT molecular complexity index is 1490. The van der Waals surface area contributed by atoms with Gasteiger partial charge in [0.25, 0.3) is 11.8 Å². The molecule has 2 heterocycles. The molecule has 0 aliphatic carbocycles. The van der Waals surface area contributed by atoms with E-state index >= 15 is 0 Å². The Labute approximate surface area is 245 Å². The highest BCUT2D eigenvalue weighted by Crippen LogP contribution is 2.19. The molecule has 0 radical (unpaired) electrons. The first-order chi connectivity index (χ1) is 19.6. The Hall–Kier alpha value is -4.23. The maximum atomic E-state index is 12.7. The molecule has 2 aromatic carbocycles. The number of hydrogen-bond donors (Lipinski definition) is 3. The summed E-state index contributed by atoms with van der Waals surface area (Å²) in [4.78, 5) is 46.4. The number of likely N-dealkylation sites (N-methyl/N-ethyl adjacent to an activating group) is 1. The van der Waals surface area contributed by atoms with E-state index in [4.69, 9.17) is 11.6 Å². The van der Waals surface area contributed by atoms with Crippen LogP contribution in [0.4, 0.5) is 5.82 Å². The van der Waals surface area contributed by atoms with Gasteiger partial charge >= 0.3 is 0 Å². The molecule has 1 unspecified atom stereocenters. The second-order valence-electron chi connectivity index (χ2n) is 10.2. The van der Waals surface area contributed by atoms with Crippen LogP contribution in [0.25, 0.3) is 0 Å². The molecule has 41 heavy (non-hydrogen) atoms. The van der Waals surface area contributed by atoms with Crippen LogP contribution in [-0.4, -0.2) is 72.3 Å². The number of hydrogen-bond acceptors (Lipinski definition) is 6. The van der Waals surface area contributed by atoms with E-state index in [-0.39, 0.29) is 5.91 Å². The van der Waals surface area contributed by atoms with E-state index in [0.29, 0.717) is 51.2 Å². The zero-order valence-electron chi connectivity index (χ0n) is 23.5. The van der Waals surface area contributed by atoms with Gasteiger partial charge in [0.05, 0.1) is 17.1 Å². The van der Waals surface area contributed by atoms with E-state index in [1.807, 2.05) is 6.92 Å². The molecule has 4 rings (SSSR count). The highest BCUT2D eigenvalue weighted by atomic mass is 35.5. The molecule has 3 amide bonds. The summed E-state index contributed by atoms with van der Waals surface area (Å²) in [6.45, 7) is 5.77. The summed E-state index contributed by atoms with van der Waals surface area (Å²) < 4.78 is 0. The summed E-state index contributed by atoms with van der Waals surface area (Å²) in [5.74, 6) is 5.51. The Kier molecular flexibility index (Phi) is 9.73. The van der Waals surface area contributed by atoms with Crippen LogP contribution in [0.1, 0.15) is 49.4 Å². The first kappa shape index (κ1) is 29.7. The van der Waals surface area contributed by atoms with Crippen molar-refractivity contribution in [2.24, 2.45) is 0 Å². The second kappa shape index (κ2) is 13.4. The number of benzene rings is 2. The summed E-state index contributed by atoms with van der Waals surface area (Å²) in [5.41, 5.74) is 8.38. The van der Waals surface area contributed by atoms with Gasteiger partial charge in [-0.1, -0.05) is 41.6 Å². The molecule has 1 aliphatic heterocycles. The topological polar surface area (TPSA) is 107 Å². The number of halogens is 1. The van der Waals surface area contributed by atoms with Gasteiger partial charge in [-0.05, 0) is 75.8 Å². The number of anilines is 1. The van der Waals surface area contributed by atoms with Crippen LogP contribution < -0.4 is 16.2 Å². The SMILES string of the molecule is Cc1ccc(C(=O)NNC(=O)c2c(C)cccc2Cl)cc1C#Cc1ccc(NC(=O)CN2CCC(N(C)C)C2)nc1. The molecular weight excluding hydrogens is 540 g/mol. The lowest BCUT2D eigenvalue weighted by molar-refractivity contribution is -0.117. The molecule has 1 aliphatic rings. The first-order valence-electron chi connectivity index (χ1n) is 13.2. The largest absolute Gasteiger partial charge is 0.310 e. The van der Waals surface area contributed by atoms with E-state index in [1.54, 1.807) is 61.7 Å². The molecule has 3 N–H and O–H groups in total. The summed E-state index contributed by atoms with van der Waals surface area (Å²) in [7, 11) is 4.12. The predicted molar refractivity (Wildman–Crippen MR) is 160 cm³/mol. The van der Waals surface area contributed by atoms with Gasteiger partial charge in [-0.25, -0.2) is 4.98 Å². The van der Waals surface area contributed by atoms with Crippen molar-refractivity contribution in [1.82, 2.24) is 25.6 Å². The molecule has 1 saturated heterocycles. The molecule has 1 fully saturated rings. The van der Waals surface area contributed by atoms with Crippen molar-refractivity contribution < 1.29 is 14.4 Å². The van der Waals surface area contributed by atoms with Crippen LogP contribution in [0.2, 0.25) is 5.02 Å². The van der Waals surface area contributed by atoms with Gasteiger partial charge in [0.2, 0.25) is 5.91 Å². The van der Waals surface area contributed by atoms with E-state index in [1.165, 1.54) is 0 Å². The van der Waals surface area contributed by atoms with Crippen molar-refractivity contribution in [2.75, 3.05) is 39.0 Å². The molecule has 0 bridgehead atoms. The van der Waals surface area contributed by atoms with Crippen LogP contribution in [0.5, 0.6) is 0 Å². The molecule has 10 heteroatoms. The number of aromatic nitrogens is 1. The Morgan fingerprint density at radius 3 is 2.49 bits per heavy atom. The number of rotatable bonds is 6. The molecule has 0 saturated carbocycles. The summed E-state index contributed by atoms with van der Waals surface area (Å²) >= 11 is 6.14. The average Bonchev–Trinajstić information content (AvgIpc) is 3.40. The highest BCUT2D eigenvalue weighted by Gasteiger charge is 2.25. The quantitative estimate of drug-likeness (QED) is 0.309. The van der Waals surface area contributed by atoms with Gasteiger partial charge in [0, 0.05) is 42.0 Å². The smallest absolute Gasteiger partial charge is 0.271 e. The predicted octanol–water partition coefficient (Wildman–Crippen LogP) is 3.40. The minimum Gasteiger partial charge on any atom is -0.310 e. The number of nitrogens with one attached hydrogen (secondary N) is 3. The summed E-state index contributed by atoms with van der Waals surface area (Å²) in [5, 5.41) is 3.14. The maximum absolute atomic E-state index is 12.7. The number of amides is 3. The van der Waals surface area contributed by atoms with Crippen LogP contribution in [-0.2, 0) is 4.79 Å². The molecule has 1 aromatic heterocycles. The van der Waals surface area contributed by atoms with Gasteiger partial charge in [-0.15, -0.1) is 0 Å². The Morgan fingerprint density at radius 1 is 1.02 bits per heavy atom. The van der Waals surface area contributed by atoms with Gasteiger partial charge in [-0.3, -0.25) is 30.1 Å². The van der Waals surface area contributed by atoms with E-state index in [9.17, 15) is 14.4 Å². The number of carbonyl (C=O) groups excluding carboxylic acids is 3. The minimum atomic E-state index is -0.505. The molecule has 0 spiro atoms. The fraction of sp³-hybridized carbons (Fsp3) is 0.290. The third kappa shape index (κ3) is 7.92. The van der Waals surface area contributed by atoms with Crippen LogP contribution in [0.3, 0.4) is 0 Å². The summed E-state index contributed by atoms with van der Waals surface area (Å²) in [6.07, 6.45) is 2.65. The lowest BCUT2D eigenvalue weighted by Gasteiger charge is -2.19. The van der Waals surface area contributed by atoms with Crippen LogP contribution in [0, 0.1) is 25.7 Å². The van der Waals surface area contributed by atoms with Gasteiger partial charge in [-0.2, -0.15) is 0 Å². The third-order valence-corrected chi connectivity index (χ3v) is 7.27. The third-order valence-electron chi connectivity index (χ3n) is 6.96. The van der Waals surface area contributed by atoms with E-state index in [2.05, 4.69) is 56.9 Å². The standard InChI is InChI=1S/C31H33ClN6O3/c1-20-8-11-24(30(40)35-36-31(41)29-21(2)6-5-7-26(29)32)16-23(20)12-9-22-10-13-27(33-17-22)34-28(39)19-38-15-14-25(18-38)37(3)4/h5-8,10-11,13,16-17,25H,14-15,18-19H2,1-4H3,(H,35,40)(H,36,41)(H,33,34,39). The van der Waals surface area contributed by atoms with Crippen LogP contribution >= 0.6 is 11.6 Å². The van der Waals surface area contributed by atoms with Crippen molar-refractivity contribution in [2.45, 2.75) is 26.3 Å². The number of likely N-dealkylation sites (tertiary alicyclic amines) is 1. The normalized spacial score (nSPS) is 14.7. The number of hydrazine groups is 1. The number of carbonyl (C=O) groups is 3. The monoisotopic (exact) mass is 572 g/mol. The number of aryl methyl sites for hydroxylation is 2. The fourth-order valence-electron chi connectivity index (χ4n) is 4.51. The van der Waals surface area contributed by atoms with Crippen molar-refractivity contribution in [3.05, 3.63) is 93.1 Å². The molecule has 1 atom stereocenters. The second-order valence-corrected chi connectivity index (χ2v) is 10.6. The van der Waals surface area contributed by atoms with Gasteiger partial charge in [0.15, 0.2) is 0 Å². The zero-order chi connectivity index (χ0) is 29.5. The Balaban J connectivity index is 1.34. The fourth-order valence-corrected chi connectivity index (χ4v) is 4.82. The zero-order valence-corrected chi connectivity index (χ0v) is 24.3. The van der Waals surface area contributed by atoms with E-state index < -0.39 is 11.8 Å². The molecular formula is C31H33ClN6O3. The Morgan fingerprint density at radius 2 is 1.80 bits per heavy atom. The van der Waals surface area contributed by atoms with Crippen LogP contribution in [0.15, 0.2) is 54.7 Å². The number of nitrogens with zero attached hydrogens (tertiary/aromatic N) is 3. The number of pyridine rings is 1. The first-order valence-corrected chi connectivity index (χ1v) is 13.6. The maximum Gasteiger partial charge on any atom is 0.271 e. The molecule has 212 valence electrons. The minimum absolute atomic E-state index is 0.0975. The van der Waals surface area contributed by atoms with Crippen molar-refractivity contribution in [3.8, 4) is 11.8 Å². The summed E-state index contributed by atoms with van der Waals surface area (Å²) in [6, 6.07) is 14.2.